The summed E-state index contributed by atoms with van der Waals surface area (Å²) >= 11 is 6.24. The van der Waals surface area contributed by atoms with Gasteiger partial charge in [0.15, 0.2) is 11.5 Å². The summed E-state index contributed by atoms with van der Waals surface area (Å²) in [4.78, 5) is 7.29. The van der Waals surface area contributed by atoms with Crippen molar-refractivity contribution in [3.8, 4) is 17.6 Å². The van der Waals surface area contributed by atoms with E-state index in [0.29, 0.717) is 45.5 Å². The number of H-pyrrole nitrogens is 1. The maximum Gasteiger partial charge on any atom is 0.179 e. The number of methoxy groups -OCH3 is 1. The number of fused-ring (bicyclic) bond motifs is 1. The number of rotatable bonds is 5. The van der Waals surface area contributed by atoms with Crippen LogP contribution < -0.4 is 9.47 Å². The van der Waals surface area contributed by atoms with Crippen molar-refractivity contribution < 1.29 is 13.9 Å². The number of nitrogens with zero attached hydrogens (tertiary/aromatic N) is 2. The van der Waals surface area contributed by atoms with Crippen LogP contribution >= 0.6 is 11.6 Å². The van der Waals surface area contributed by atoms with Crippen LogP contribution in [0.15, 0.2) is 30.3 Å². The van der Waals surface area contributed by atoms with Gasteiger partial charge in [-0.25, -0.2) is 9.37 Å². The summed E-state index contributed by atoms with van der Waals surface area (Å²) in [7, 11) is 1.51. The predicted molar refractivity (Wildman–Crippen MR) is 98.7 cm³/mol. The summed E-state index contributed by atoms with van der Waals surface area (Å²) in [5, 5.41) is 9.89. The van der Waals surface area contributed by atoms with E-state index in [9.17, 15) is 9.65 Å². The molecule has 0 bridgehead atoms. The molecule has 0 fully saturated rings. The van der Waals surface area contributed by atoms with Crippen molar-refractivity contribution in [2.75, 3.05) is 13.7 Å². The fourth-order valence-corrected chi connectivity index (χ4v) is 2.86. The topological polar surface area (TPSA) is 70.9 Å². The van der Waals surface area contributed by atoms with Crippen molar-refractivity contribution in [1.29, 1.82) is 5.26 Å². The smallest absolute Gasteiger partial charge is 0.179 e. The first kappa shape index (κ1) is 17.8. The molecule has 0 saturated heterocycles. The first-order chi connectivity index (χ1) is 12.5. The Balaban J connectivity index is 2.07. The zero-order valence-electron chi connectivity index (χ0n) is 14.1. The number of aromatic nitrogens is 2. The molecule has 0 saturated carbocycles. The summed E-state index contributed by atoms with van der Waals surface area (Å²) < 4.78 is 24.1. The highest BCUT2D eigenvalue weighted by molar-refractivity contribution is 6.32. The normalized spacial score (nSPS) is 11.4. The summed E-state index contributed by atoms with van der Waals surface area (Å²) in [6.45, 7) is 2.30. The van der Waals surface area contributed by atoms with Crippen molar-refractivity contribution in [1.82, 2.24) is 9.97 Å². The second kappa shape index (κ2) is 7.46. The van der Waals surface area contributed by atoms with E-state index in [1.807, 2.05) is 6.92 Å². The van der Waals surface area contributed by atoms with Gasteiger partial charge in [0, 0.05) is 0 Å². The fraction of sp³-hybridized carbons (Fsp3) is 0.158. The molecule has 5 nitrogen and oxygen atoms in total. The van der Waals surface area contributed by atoms with Crippen molar-refractivity contribution in [3.05, 3.63) is 52.6 Å². The minimum absolute atomic E-state index is 0.283. The van der Waals surface area contributed by atoms with E-state index in [0.717, 1.165) is 0 Å². The number of benzene rings is 2. The number of imidazole rings is 1. The largest absolute Gasteiger partial charge is 0.491 e. The molecule has 0 amide bonds. The summed E-state index contributed by atoms with van der Waals surface area (Å²) in [6, 6.07) is 9.70. The molecule has 1 heterocycles. The Morgan fingerprint density at radius 2 is 2.19 bits per heavy atom. The number of nitriles is 1. The van der Waals surface area contributed by atoms with E-state index >= 15 is 0 Å². The lowest BCUT2D eigenvalue weighted by atomic mass is 10.1. The number of ether oxygens (including phenoxy) is 2. The molecule has 0 aliphatic carbocycles. The molecule has 0 atom stereocenters. The molecular formula is C19H15ClFN3O2. The van der Waals surface area contributed by atoms with Gasteiger partial charge < -0.3 is 14.5 Å². The molecule has 1 N–H and O–H groups in total. The maximum atomic E-state index is 13.3. The number of allylic oxidation sites excluding steroid dienone is 1. The molecule has 3 rings (SSSR count). The van der Waals surface area contributed by atoms with Gasteiger partial charge in [0.25, 0.3) is 0 Å². The molecule has 132 valence electrons. The van der Waals surface area contributed by atoms with Crippen LogP contribution in [0.3, 0.4) is 0 Å². The van der Waals surface area contributed by atoms with Gasteiger partial charge in [0.05, 0.1) is 35.3 Å². The van der Waals surface area contributed by atoms with Crippen molar-refractivity contribution >= 4 is 34.3 Å². The quantitative estimate of drug-likeness (QED) is 0.652. The van der Waals surface area contributed by atoms with Gasteiger partial charge in [-0.3, -0.25) is 0 Å². The molecule has 3 aromatic rings. The van der Waals surface area contributed by atoms with Gasteiger partial charge in [-0.1, -0.05) is 11.6 Å². The first-order valence-corrected chi connectivity index (χ1v) is 8.21. The standard InChI is InChI=1S/C19H15ClFN3O2/c1-3-26-17-8-11(7-14(20)18(17)25-2)6-12(10-22)19-23-15-5-4-13(21)9-16(15)24-19/h4-9H,3H2,1-2H3,(H,23,24)/b12-6-. The molecule has 0 unspecified atom stereocenters. The molecule has 0 aliphatic rings. The highest BCUT2D eigenvalue weighted by Crippen LogP contribution is 2.37. The van der Waals surface area contributed by atoms with E-state index in [4.69, 9.17) is 21.1 Å². The predicted octanol–water partition coefficient (Wildman–Crippen LogP) is 4.83. The molecule has 0 radical (unpaired) electrons. The van der Waals surface area contributed by atoms with Crippen LogP contribution in [-0.2, 0) is 0 Å². The number of halogens is 2. The van der Waals surface area contributed by atoms with E-state index in [1.54, 1.807) is 24.3 Å². The highest BCUT2D eigenvalue weighted by atomic mass is 35.5. The zero-order valence-corrected chi connectivity index (χ0v) is 14.9. The van der Waals surface area contributed by atoms with Crippen molar-refractivity contribution in [3.63, 3.8) is 0 Å². The average Bonchev–Trinajstić information content (AvgIpc) is 3.02. The third-order valence-corrected chi connectivity index (χ3v) is 3.95. The highest BCUT2D eigenvalue weighted by Gasteiger charge is 2.13. The second-order valence-corrected chi connectivity index (χ2v) is 5.79. The lowest BCUT2D eigenvalue weighted by molar-refractivity contribution is 0.311. The Labute approximate surface area is 154 Å². The van der Waals surface area contributed by atoms with Crippen LogP contribution in [0, 0.1) is 17.1 Å². The van der Waals surface area contributed by atoms with E-state index in [1.165, 1.54) is 19.2 Å². The third-order valence-electron chi connectivity index (χ3n) is 3.67. The Morgan fingerprint density at radius 1 is 1.38 bits per heavy atom. The van der Waals surface area contributed by atoms with E-state index in [-0.39, 0.29) is 11.4 Å². The maximum absolute atomic E-state index is 13.3. The van der Waals surface area contributed by atoms with E-state index < -0.39 is 0 Å². The molecule has 1 aromatic heterocycles. The van der Waals surface area contributed by atoms with Gasteiger partial charge in [0.1, 0.15) is 17.7 Å². The van der Waals surface area contributed by atoms with E-state index in [2.05, 4.69) is 16.0 Å². The number of aromatic amines is 1. The summed E-state index contributed by atoms with van der Waals surface area (Å²) in [6.07, 6.45) is 1.63. The average molecular weight is 372 g/mol. The van der Waals surface area contributed by atoms with Crippen molar-refractivity contribution in [2.45, 2.75) is 6.92 Å². The van der Waals surface area contributed by atoms with Gasteiger partial charge in [-0.05, 0) is 48.9 Å². The van der Waals surface area contributed by atoms with Crippen LogP contribution in [0.1, 0.15) is 18.3 Å². The number of hydrogen-bond acceptors (Lipinski definition) is 4. The Kier molecular flexibility index (Phi) is 5.10. The van der Waals surface area contributed by atoms with Crippen LogP contribution in [-0.4, -0.2) is 23.7 Å². The Morgan fingerprint density at radius 3 is 2.88 bits per heavy atom. The molecule has 0 aliphatic heterocycles. The molecular weight excluding hydrogens is 357 g/mol. The minimum atomic E-state index is -0.376. The summed E-state index contributed by atoms with van der Waals surface area (Å²) in [5.74, 6) is 0.887. The van der Waals surface area contributed by atoms with Crippen molar-refractivity contribution in [2.24, 2.45) is 0 Å². The van der Waals surface area contributed by atoms with Gasteiger partial charge in [-0.2, -0.15) is 5.26 Å². The summed E-state index contributed by atoms with van der Waals surface area (Å²) in [5.41, 5.74) is 2.03. The Hall–Kier alpha value is -3.04. The van der Waals surface area contributed by atoms with Gasteiger partial charge in [0.2, 0.25) is 0 Å². The molecule has 0 spiro atoms. The lowest BCUT2D eigenvalue weighted by Gasteiger charge is -2.11. The van der Waals surface area contributed by atoms with Gasteiger partial charge in [-0.15, -0.1) is 0 Å². The first-order valence-electron chi connectivity index (χ1n) is 7.83. The number of hydrogen-bond donors (Lipinski definition) is 1. The monoisotopic (exact) mass is 371 g/mol. The second-order valence-electron chi connectivity index (χ2n) is 5.38. The van der Waals surface area contributed by atoms with Crippen LogP contribution in [0.2, 0.25) is 5.02 Å². The van der Waals surface area contributed by atoms with Crippen LogP contribution in [0.4, 0.5) is 4.39 Å². The minimum Gasteiger partial charge on any atom is -0.491 e. The molecule has 26 heavy (non-hydrogen) atoms. The number of nitrogens with one attached hydrogen (secondary N) is 1. The third kappa shape index (κ3) is 3.48. The Bertz CT molecular complexity index is 1040. The lowest BCUT2D eigenvalue weighted by Crippen LogP contribution is -1.96. The fourth-order valence-electron chi connectivity index (χ4n) is 2.56. The SMILES string of the molecule is CCOc1cc(/C=C(/C#N)c2nc3ccc(F)cc3[nH]2)cc(Cl)c1OC. The van der Waals surface area contributed by atoms with Gasteiger partial charge >= 0.3 is 0 Å². The zero-order chi connectivity index (χ0) is 18.7. The molecule has 2 aromatic carbocycles. The van der Waals surface area contributed by atoms with Crippen LogP contribution in [0.25, 0.3) is 22.7 Å². The van der Waals surface area contributed by atoms with Crippen LogP contribution in [0.5, 0.6) is 11.5 Å². The molecule has 7 heteroatoms.